The van der Waals surface area contributed by atoms with Crippen LogP contribution >= 0.6 is 0 Å². The molecular formula is C25H50N2O3. The largest absolute Gasteiger partial charge is 0.480 e. The Morgan fingerprint density at radius 3 is 1.57 bits per heavy atom. The van der Waals surface area contributed by atoms with Gasteiger partial charge < -0.3 is 16.2 Å². The summed E-state index contributed by atoms with van der Waals surface area (Å²) in [4.78, 5) is 22.4. The van der Waals surface area contributed by atoms with E-state index < -0.39 is 12.0 Å². The highest BCUT2D eigenvalue weighted by Crippen LogP contribution is 2.14. The van der Waals surface area contributed by atoms with Crippen LogP contribution in [0.15, 0.2) is 0 Å². The summed E-state index contributed by atoms with van der Waals surface area (Å²) in [7, 11) is 0. The fourth-order valence-electron chi connectivity index (χ4n) is 3.76. The minimum atomic E-state index is -0.956. The lowest BCUT2D eigenvalue weighted by atomic mass is 10.0. The summed E-state index contributed by atoms with van der Waals surface area (Å²) in [6.45, 7) is 2.89. The highest BCUT2D eigenvalue weighted by molar-refractivity contribution is 5.75. The Morgan fingerprint density at radius 1 is 0.700 bits per heavy atom. The Bertz CT molecular complexity index is 402. The Hall–Kier alpha value is -1.10. The second kappa shape index (κ2) is 22.6. The highest BCUT2D eigenvalue weighted by Gasteiger charge is 2.10. The van der Waals surface area contributed by atoms with Gasteiger partial charge in [-0.3, -0.25) is 9.59 Å². The SMILES string of the molecule is CCCCCCCCCCCCCCCCCCC(=O)NCCCC[C@H](N)C(=O)O. The van der Waals surface area contributed by atoms with E-state index in [0.717, 1.165) is 25.7 Å². The van der Waals surface area contributed by atoms with E-state index in [0.29, 0.717) is 19.4 Å². The van der Waals surface area contributed by atoms with Crippen molar-refractivity contribution in [1.82, 2.24) is 5.32 Å². The number of carboxylic acids is 1. The number of amides is 1. The van der Waals surface area contributed by atoms with Gasteiger partial charge in [-0.05, 0) is 25.7 Å². The fraction of sp³-hybridized carbons (Fsp3) is 0.920. The van der Waals surface area contributed by atoms with Crippen LogP contribution in [0.5, 0.6) is 0 Å². The number of carbonyl (C=O) groups is 2. The summed E-state index contributed by atoms with van der Waals surface area (Å²) in [5.41, 5.74) is 5.45. The molecule has 0 radical (unpaired) electrons. The third-order valence-electron chi connectivity index (χ3n) is 5.84. The molecule has 0 spiro atoms. The lowest BCUT2D eigenvalue weighted by Gasteiger charge is -2.07. The monoisotopic (exact) mass is 426 g/mol. The maximum atomic E-state index is 11.8. The van der Waals surface area contributed by atoms with E-state index in [1.807, 2.05) is 0 Å². The van der Waals surface area contributed by atoms with Gasteiger partial charge in [0.05, 0.1) is 0 Å². The van der Waals surface area contributed by atoms with Crippen molar-refractivity contribution >= 4 is 11.9 Å². The molecule has 0 saturated heterocycles. The van der Waals surface area contributed by atoms with E-state index in [1.165, 1.54) is 89.9 Å². The molecular weight excluding hydrogens is 376 g/mol. The molecule has 178 valence electrons. The second-order valence-electron chi connectivity index (χ2n) is 8.84. The van der Waals surface area contributed by atoms with Gasteiger partial charge in [0.2, 0.25) is 5.91 Å². The third-order valence-corrected chi connectivity index (χ3v) is 5.84. The van der Waals surface area contributed by atoms with Crippen LogP contribution < -0.4 is 11.1 Å². The predicted molar refractivity (Wildman–Crippen MR) is 127 cm³/mol. The zero-order valence-electron chi connectivity index (χ0n) is 19.8. The minimum Gasteiger partial charge on any atom is -0.480 e. The normalized spacial score (nSPS) is 12.1. The van der Waals surface area contributed by atoms with Crippen LogP contribution in [0.25, 0.3) is 0 Å². The zero-order chi connectivity index (χ0) is 22.3. The van der Waals surface area contributed by atoms with Crippen LogP contribution in [0, 0.1) is 0 Å². The lowest BCUT2D eigenvalue weighted by Crippen LogP contribution is -2.30. The molecule has 0 unspecified atom stereocenters. The van der Waals surface area contributed by atoms with Gasteiger partial charge in [0, 0.05) is 13.0 Å². The average Bonchev–Trinajstić information content (AvgIpc) is 2.72. The summed E-state index contributed by atoms with van der Waals surface area (Å²) in [6, 6.07) is -0.786. The first-order chi connectivity index (χ1) is 14.6. The van der Waals surface area contributed by atoms with Gasteiger partial charge >= 0.3 is 5.97 Å². The molecule has 0 aromatic heterocycles. The van der Waals surface area contributed by atoms with Crippen LogP contribution in [0.1, 0.15) is 135 Å². The van der Waals surface area contributed by atoms with Gasteiger partial charge in [0.25, 0.3) is 0 Å². The summed E-state index contributed by atoms with van der Waals surface area (Å²) in [5.74, 6) is -0.842. The molecule has 4 N–H and O–H groups in total. The molecule has 0 aromatic carbocycles. The van der Waals surface area contributed by atoms with Gasteiger partial charge in [-0.25, -0.2) is 0 Å². The number of hydrogen-bond donors (Lipinski definition) is 3. The topological polar surface area (TPSA) is 92.4 Å². The summed E-state index contributed by atoms with van der Waals surface area (Å²) < 4.78 is 0. The number of nitrogens with one attached hydrogen (secondary N) is 1. The molecule has 30 heavy (non-hydrogen) atoms. The van der Waals surface area contributed by atoms with Crippen LogP contribution in [0.3, 0.4) is 0 Å². The van der Waals surface area contributed by atoms with Crippen molar-refractivity contribution in [1.29, 1.82) is 0 Å². The van der Waals surface area contributed by atoms with Gasteiger partial charge in [0.1, 0.15) is 6.04 Å². The molecule has 0 fully saturated rings. The molecule has 0 aromatic rings. The number of unbranched alkanes of at least 4 members (excludes halogenated alkanes) is 16. The maximum Gasteiger partial charge on any atom is 0.320 e. The molecule has 5 nitrogen and oxygen atoms in total. The van der Waals surface area contributed by atoms with Crippen molar-refractivity contribution in [3.8, 4) is 0 Å². The van der Waals surface area contributed by atoms with Crippen molar-refractivity contribution < 1.29 is 14.7 Å². The first-order valence-electron chi connectivity index (χ1n) is 12.8. The van der Waals surface area contributed by atoms with Crippen molar-refractivity contribution in [3.05, 3.63) is 0 Å². The molecule has 0 aliphatic heterocycles. The Kier molecular flexibility index (Phi) is 21.8. The number of carbonyl (C=O) groups excluding carboxylic acids is 1. The summed E-state index contributed by atoms with van der Waals surface area (Å²) in [6.07, 6.45) is 24.0. The summed E-state index contributed by atoms with van der Waals surface area (Å²) >= 11 is 0. The van der Waals surface area contributed by atoms with E-state index in [2.05, 4.69) is 12.2 Å². The Labute approximate surface area is 186 Å². The lowest BCUT2D eigenvalue weighted by molar-refractivity contribution is -0.138. The second-order valence-corrected chi connectivity index (χ2v) is 8.84. The van der Waals surface area contributed by atoms with Crippen LogP contribution in [-0.4, -0.2) is 29.6 Å². The quantitative estimate of drug-likeness (QED) is 0.166. The standard InChI is InChI=1S/C25H50N2O3/c1-2-3-4-5-6-7-8-9-10-11-12-13-14-15-16-17-21-24(28)27-22-19-18-20-23(26)25(29)30/h23H,2-22,26H2,1H3,(H,27,28)(H,29,30)/t23-/m0/s1. The molecule has 1 amide bonds. The van der Waals surface area contributed by atoms with E-state index >= 15 is 0 Å². The van der Waals surface area contributed by atoms with Crippen LogP contribution in [0.2, 0.25) is 0 Å². The van der Waals surface area contributed by atoms with Gasteiger partial charge in [-0.2, -0.15) is 0 Å². The first-order valence-corrected chi connectivity index (χ1v) is 12.8. The van der Waals surface area contributed by atoms with Gasteiger partial charge in [-0.15, -0.1) is 0 Å². The number of carboxylic acid groups (broad SMARTS) is 1. The van der Waals surface area contributed by atoms with E-state index in [1.54, 1.807) is 0 Å². The number of aliphatic carboxylic acids is 1. The summed E-state index contributed by atoms with van der Waals surface area (Å²) in [5, 5.41) is 11.6. The molecule has 0 bridgehead atoms. The number of nitrogens with two attached hydrogens (primary N) is 1. The van der Waals surface area contributed by atoms with Crippen LogP contribution in [-0.2, 0) is 9.59 Å². The molecule has 0 heterocycles. The van der Waals surface area contributed by atoms with E-state index in [4.69, 9.17) is 10.8 Å². The first kappa shape index (κ1) is 28.9. The fourth-order valence-corrected chi connectivity index (χ4v) is 3.76. The minimum absolute atomic E-state index is 0.114. The average molecular weight is 427 g/mol. The van der Waals surface area contributed by atoms with Crippen molar-refractivity contribution in [2.45, 2.75) is 141 Å². The van der Waals surface area contributed by atoms with Crippen molar-refractivity contribution in [3.63, 3.8) is 0 Å². The van der Waals surface area contributed by atoms with E-state index in [9.17, 15) is 9.59 Å². The van der Waals surface area contributed by atoms with Gasteiger partial charge in [0.15, 0.2) is 0 Å². The smallest absolute Gasteiger partial charge is 0.320 e. The number of hydrogen-bond acceptors (Lipinski definition) is 3. The van der Waals surface area contributed by atoms with Crippen LogP contribution in [0.4, 0.5) is 0 Å². The molecule has 1 atom stereocenters. The highest BCUT2D eigenvalue weighted by atomic mass is 16.4. The third kappa shape index (κ3) is 21.6. The molecule has 0 saturated carbocycles. The maximum absolute atomic E-state index is 11.8. The molecule has 5 heteroatoms. The molecule has 0 aliphatic carbocycles. The zero-order valence-corrected chi connectivity index (χ0v) is 19.8. The van der Waals surface area contributed by atoms with E-state index in [-0.39, 0.29) is 5.91 Å². The van der Waals surface area contributed by atoms with Gasteiger partial charge in [-0.1, -0.05) is 103 Å². The predicted octanol–water partition coefficient (Wildman–Crippen LogP) is 6.34. The Morgan fingerprint density at radius 2 is 1.13 bits per heavy atom. The molecule has 0 aliphatic rings. The molecule has 0 rings (SSSR count). The Balaban J connectivity index is 3.19. The van der Waals surface area contributed by atoms with Crippen molar-refractivity contribution in [2.75, 3.05) is 6.54 Å². The number of rotatable bonds is 23. The van der Waals surface area contributed by atoms with Crippen molar-refractivity contribution in [2.24, 2.45) is 5.73 Å².